The van der Waals surface area contributed by atoms with E-state index in [9.17, 15) is 4.79 Å². The molecule has 0 atom stereocenters. The van der Waals surface area contributed by atoms with Gasteiger partial charge in [-0.05, 0) is 43.9 Å². The molecular formula is C10H17O3. The molecule has 75 valence electrons. The molecule has 0 spiro atoms. The van der Waals surface area contributed by atoms with Crippen molar-refractivity contribution in [3.05, 3.63) is 5.92 Å². The summed E-state index contributed by atoms with van der Waals surface area (Å²) in [6.45, 7) is 0.235. The molecule has 13 heavy (non-hydrogen) atoms. The van der Waals surface area contributed by atoms with Crippen molar-refractivity contribution in [2.45, 2.75) is 38.5 Å². The molecule has 0 heterocycles. The van der Waals surface area contributed by atoms with Crippen LogP contribution in [0.3, 0.4) is 0 Å². The number of carboxylic acid groups (broad SMARTS) is 1. The van der Waals surface area contributed by atoms with E-state index in [0.717, 1.165) is 32.1 Å². The fraction of sp³-hybridized carbons (Fsp3) is 0.800. The Morgan fingerprint density at radius 2 is 2.00 bits per heavy atom. The van der Waals surface area contributed by atoms with Gasteiger partial charge in [0.15, 0.2) is 0 Å². The van der Waals surface area contributed by atoms with Gasteiger partial charge in [-0.1, -0.05) is 0 Å². The minimum absolute atomic E-state index is 0.235. The highest BCUT2D eigenvalue weighted by atomic mass is 16.4. The van der Waals surface area contributed by atoms with Crippen molar-refractivity contribution in [3.63, 3.8) is 0 Å². The van der Waals surface area contributed by atoms with Crippen molar-refractivity contribution in [3.8, 4) is 0 Å². The van der Waals surface area contributed by atoms with Gasteiger partial charge in [0, 0.05) is 13.0 Å². The van der Waals surface area contributed by atoms with Gasteiger partial charge in [-0.25, -0.2) is 0 Å². The molecule has 0 aliphatic heterocycles. The molecule has 0 aromatic carbocycles. The van der Waals surface area contributed by atoms with Crippen LogP contribution in [0.4, 0.5) is 0 Å². The molecule has 0 unspecified atom stereocenters. The zero-order valence-corrected chi connectivity index (χ0v) is 7.83. The largest absolute Gasteiger partial charge is 0.481 e. The van der Waals surface area contributed by atoms with Crippen LogP contribution in [0, 0.1) is 11.8 Å². The zero-order chi connectivity index (χ0) is 9.68. The minimum atomic E-state index is -0.685. The molecule has 1 saturated carbocycles. The standard InChI is InChI=1S/C10H17O3/c11-6-5-8-1-3-9(4-2-8)7-10(12)13/h9,11H,1-7H2,(H,12,13). The Balaban J connectivity index is 2.18. The van der Waals surface area contributed by atoms with Gasteiger partial charge < -0.3 is 10.2 Å². The molecule has 3 nitrogen and oxygen atoms in total. The van der Waals surface area contributed by atoms with Crippen LogP contribution in [-0.4, -0.2) is 22.8 Å². The summed E-state index contributed by atoms with van der Waals surface area (Å²) in [4.78, 5) is 10.4. The molecule has 3 heteroatoms. The summed E-state index contributed by atoms with van der Waals surface area (Å²) in [7, 11) is 0. The summed E-state index contributed by atoms with van der Waals surface area (Å²) in [5.74, 6) is 1.08. The van der Waals surface area contributed by atoms with Crippen molar-refractivity contribution < 1.29 is 15.0 Å². The Bertz CT molecular complexity index is 160. The van der Waals surface area contributed by atoms with Gasteiger partial charge in [0.05, 0.1) is 0 Å². The number of aliphatic hydroxyl groups excluding tert-OH is 1. The summed E-state index contributed by atoms with van der Waals surface area (Å²) in [5.41, 5.74) is 0. The van der Waals surface area contributed by atoms with E-state index in [0.29, 0.717) is 12.3 Å². The van der Waals surface area contributed by atoms with Crippen molar-refractivity contribution in [2.24, 2.45) is 5.92 Å². The second-order valence-corrected chi connectivity index (χ2v) is 3.76. The molecule has 1 radical (unpaired) electrons. The highest BCUT2D eigenvalue weighted by Gasteiger charge is 2.22. The molecule has 1 fully saturated rings. The smallest absolute Gasteiger partial charge is 0.303 e. The van der Waals surface area contributed by atoms with E-state index in [2.05, 4.69) is 0 Å². The lowest BCUT2D eigenvalue weighted by molar-refractivity contribution is -0.138. The van der Waals surface area contributed by atoms with Gasteiger partial charge >= 0.3 is 5.97 Å². The molecule has 0 amide bonds. The third-order valence-electron chi connectivity index (χ3n) is 2.74. The van der Waals surface area contributed by atoms with Crippen LogP contribution >= 0.6 is 0 Å². The van der Waals surface area contributed by atoms with E-state index >= 15 is 0 Å². The van der Waals surface area contributed by atoms with E-state index in [4.69, 9.17) is 10.2 Å². The molecule has 0 saturated heterocycles. The van der Waals surface area contributed by atoms with E-state index in [-0.39, 0.29) is 6.61 Å². The molecule has 1 rings (SSSR count). The van der Waals surface area contributed by atoms with Gasteiger partial charge in [0.25, 0.3) is 0 Å². The van der Waals surface area contributed by atoms with E-state index < -0.39 is 5.97 Å². The second-order valence-electron chi connectivity index (χ2n) is 3.76. The predicted octanol–water partition coefficient (Wildman–Crippen LogP) is 1.61. The summed E-state index contributed by atoms with van der Waals surface area (Å²) in [5, 5.41) is 17.3. The number of hydrogen-bond donors (Lipinski definition) is 2. The molecule has 2 N–H and O–H groups in total. The van der Waals surface area contributed by atoms with Crippen LogP contribution in [0.2, 0.25) is 0 Å². The third-order valence-corrected chi connectivity index (χ3v) is 2.74. The fourth-order valence-corrected chi connectivity index (χ4v) is 1.95. The highest BCUT2D eigenvalue weighted by Crippen LogP contribution is 2.33. The fourth-order valence-electron chi connectivity index (χ4n) is 1.95. The summed E-state index contributed by atoms with van der Waals surface area (Å²) >= 11 is 0. The maximum atomic E-state index is 10.4. The Kier molecular flexibility index (Phi) is 4.22. The summed E-state index contributed by atoms with van der Waals surface area (Å²) in [6, 6.07) is 0. The Labute approximate surface area is 78.8 Å². The number of aliphatic carboxylic acids is 1. The molecule has 1 aliphatic rings. The van der Waals surface area contributed by atoms with Gasteiger partial charge in [-0.3, -0.25) is 4.79 Å². The number of hydrogen-bond acceptors (Lipinski definition) is 2. The Morgan fingerprint density at radius 3 is 2.46 bits per heavy atom. The van der Waals surface area contributed by atoms with E-state index in [1.165, 1.54) is 5.92 Å². The average molecular weight is 185 g/mol. The van der Waals surface area contributed by atoms with E-state index in [1.54, 1.807) is 0 Å². The third kappa shape index (κ3) is 3.77. The van der Waals surface area contributed by atoms with Gasteiger partial charge in [-0.15, -0.1) is 0 Å². The first kappa shape index (κ1) is 10.5. The normalized spacial score (nSPS) is 20.4. The Morgan fingerprint density at radius 1 is 1.38 bits per heavy atom. The molecule has 0 aromatic heterocycles. The summed E-state index contributed by atoms with van der Waals surface area (Å²) in [6.07, 6.45) is 5.12. The average Bonchev–Trinajstić information content (AvgIpc) is 2.08. The van der Waals surface area contributed by atoms with Crippen LogP contribution < -0.4 is 0 Å². The second kappa shape index (κ2) is 5.22. The number of carboxylic acids is 1. The maximum Gasteiger partial charge on any atom is 0.303 e. The first-order chi connectivity index (χ1) is 6.22. The SMILES string of the molecule is O=C(O)CC1CC[C](CCO)CC1. The summed E-state index contributed by atoms with van der Waals surface area (Å²) < 4.78 is 0. The first-order valence-corrected chi connectivity index (χ1v) is 4.88. The molecular weight excluding hydrogens is 168 g/mol. The monoisotopic (exact) mass is 185 g/mol. The molecule has 0 bridgehead atoms. The first-order valence-electron chi connectivity index (χ1n) is 4.88. The van der Waals surface area contributed by atoms with Gasteiger partial charge in [0.2, 0.25) is 0 Å². The van der Waals surface area contributed by atoms with Crippen LogP contribution in [0.25, 0.3) is 0 Å². The molecule has 1 aliphatic carbocycles. The quantitative estimate of drug-likeness (QED) is 0.699. The van der Waals surface area contributed by atoms with Crippen molar-refractivity contribution in [1.82, 2.24) is 0 Å². The van der Waals surface area contributed by atoms with Crippen LogP contribution in [0.5, 0.6) is 0 Å². The lowest BCUT2D eigenvalue weighted by Gasteiger charge is -2.26. The number of aliphatic hydroxyl groups is 1. The topological polar surface area (TPSA) is 57.5 Å². The predicted molar refractivity (Wildman–Crippen MR) is 49.2 cm³/mol. The maximum absolute atomic E-state index is 10.4. The van der Waals surface area contributed by atoms with Crippen molar-refractivity contribution in [1.29, 1.82) is 0 Å². The highest BCUT2D eigenvalue weighted by molar-refractivity contribution is 5.67. The number of carbonyl (C=O) groups is 1. The molecule has 0 aromatic rings. The Hall–Kier alpha value is -0.570. The zero-order valence-electron chi connectivity index (χ0n) is 7.83. The van der Waals surface area contributed by atoms with Crippen molar-refractivity contribution >= 4 is 5.97 Å². The van der Waals surface area contributed by atoms with Crippen LogP contribution in [0.1, 0.15) is 38.5 Å². The van der Waals surface area contributed by atoms with Crippen LogP contribution in [-0.2, 0) is 4.79 Å². The minimum Gasteiger partial charge on any atom is -0.481 e. The van der Waals surface area contributed by atoms with Crippen LogP contribution in [0.15, 0.2) is 0 Å². The van der Waals surface area contributed by atoms with Gasteiger partial charge in [-0.2, -0.15) is 0 Å². The lowest BCUT2D eigenvalue weighted by atomic mass is 9.79. The van der Waals surface area contributed by atoms with Gasteiger partial charge in [0.1, 0.15) is 0 Å². The number of rotatable bonds is 4. The van der Waals surface area contributed by atoms with E-state index in [1.807, 2.05) is 0 Å². The van der Waals surface area contributed by atoms with Crippen molar-refractivity contribution in [2.75, 3.05) is 6.61 Å². The lowest BCUT2D eigenvalue weighted by Crippen LogP contribution is -2.16.